The summed E-state index contributed by atoms with van der Waals surface area (Å²) in [6.45, 7) is 0. The number of aromatic nitrogens is 1. The summed E-state index contributed by atoms with van der Waals surface area (Å²) in [5, 5.41) is 13.0. The van der Waals surface area contributed by atoms with Crippen molar-refractivity contribution in [1.29, 1.82) is 0 Å². The highest BCUT2D eigenvalue weighted by Gasteiger charge is 2.06. The first-order valence-corrected chi connectivity index (χ1v) is 6.89. The van der Waals surface area contributed by atoms with Gasteiger partial charge in [-0.25, -0.2) is 9.78 Å². The number of thiazole rings is 1. The number of nitrogens with one attached hydrogen (secondary N) is 1. The van der Waals surface area contributed by atoms with Crippen LogP contribution in [-0.4, -0.2) is 22.4 Å². The largest absolute Gasteiger partial charge is 0.465 e. The van der Waals surface area contributed by atoms with Crippen molar-refractivity contribution in [3.8, 4) is 11.3 Å². The molecular weight excluding hydrogens is 256 g/mol. The van der Waals surface area contributed by atoms with Gasteiger partial charge in [0.15, 0.2) is 5.13 Å². The average Bonchev–Trinajstić information content (AvgIpc) is 2.77. The van der Waals surface area contributed by atoms with Crippen LogP contribution in [0, 0.1) is 0 Å². The number of rotatable bonds is 3. The van der Waals surface area contributed by atoms with E-state index in [1.807, 2.05) is 35.9 Å². The maximum absolute atomic E-state index is 10.5. The van der Waals surface area contributed by atoms with E-state index in [1.54, 1.807) is 11.8 Å². The normalized spacial score (nSPS) is 10.2. The molecule has 0 unspecified atom stereocenters. The van der Waals surface area contributed by atoms with Crippen LogP contribution in [0.5, 0.6) is 0 Å². The van der Waals surface area contributed by atoms with E-state index >= 15 is 0 Å². The van der Waals surface area contributed by atoms with Gasteiger partial charge in [-0.1, -0.05) is 12.1 Å². The van der Waals surface area contributed by atoms with E-state index in [9.17, 15) is 4.79 Å². The lowest BCUT2D eigenvalue weighted by atomic mass is 10.2. The quantitative estimate of drug-likeness (QED) is 0.833. The van der Waals surface area contributed by atoms with Gasteiger partial charge in [0.1, 0.15) is 0 Å². The van der Waals surface area contributed by atoms with Gasteiger partial charge in [-0.2, -0.15) is 0 Å². The third-order valence-corrected chi connectivity index (χ3v) is 3.61. The Morgan fingerprint density at radius 2 is 2.12 bits per heavy atom. The Balaban J connectivity index is 2.21. The molecule has 0 aliphatic carbocycles. The average molecular weight is 266 g/mol. The molecule has 0 aliphatic rings. The van der Waals surface area contributed by atoms with E-state index in [4.69, 9.17) is 5.11 Å². The molecule has 0 saturated carbocycles. The molecule has 6 heteroatoms. The van der Waals surface area contributed by atoms with Crippen LogP contribution in [0.25, 0.3) is 11.3 Å². The fourth-order valence-corrected chi connectivity index (χ4v) is 2.43. The van der Waals surface area contributed by atoms with Crippen molar-refractivity contribution in [2.45, 2.75) is 4.90 Å². The number of nitrogens with zero attached hydrogens (tertiary/aromatic N) is 1. The molecule has 1 amide bonds. The van der Waals surface area contributed by atoms with Crippen LogP contribution < -0.4 is 5.32 Å². The SMILES string of the molecule is CSc1ccc(-c2csc(NC(=O)O)n2)cc1. The van der Waals surface area contributed by atoms with Crippen molar-refractivity contribution in [1.82, 2.24) is 4.98 Å². The summed E-state index contributed by atoms with van der Waals surface area (Å²) in [5.74, 6) is 0. The van der Waals surface area contributed by atoms with E-state index in [0.717, 1.165) is 11.3 Å². The Kier molecular flexibility index (Phi) is 3.65. The molecule has 0 spiro atoms. The summed E-state index contributed by atoms with van der Waals surface area (Å²) in [5.41, 5.74) is 1.77. The fraction of sp³-hybridized carbons (Fsp3) is 0.0909. The molecule has 2 N–H and O–H groups in total. The summed E-state index contributed by atoms with van der Waals surface area (Å²) < 4.78 is 0. The topological polar surface area (TPSA) is 62.2 Å². The van der Waals surface area contributed by atoms with Crippen molar-refractivity contribution >= 4 is 34.3 Å². The molecule has 17 heavy (non-hydrogen) atoms. The van der Waals surface area contributed by atoms with E-state index in [2.05, 4.69) is 10.3 Å². The Hall–Kier alpha value is -1.53. The second-order valence-corrected chi connectivity index (χ2v) is 4.93. The molecule has 0 saturated heterocycles. The van der Waals surface area contributed by atoms with E-state index in [0.29, 0.717) is 5.13 Å². The Bertz CT molecular complexity index is 523. The Labute approximate surface area is 107 Å². The van der Waals surface area contributed by atoms with Gasteiger partial charge >= 0.3 is 6.09 Å². The Morgan fingerprint density at radius 1 is 1.41 bits per heavy atom. The number of hydrogen-bond donors (Lipinski definition) is 2. The predicted molar refractivity (Wildman–Crippen MR) is 71.0 cm³/mol. The zero-order valence-corrected chi connectivity index (χ0v) is 10.6. The third-order valence-electron chi connectivity index (χ3n) is 2.10. The molecule has 0 atom stereocenters. The molecular formula is C11H10N2O2S2. The van der Waals surface area contributed by atoms with Crippen LogP contribution in [0.15, 0.2) is 34.5 Å². The highest BCUT2D eigenvalue weighted by atomic mass is 32.2. The lowest BCUT2D eigenvalue weighted by Gasteiger charge is -1.98. The van der Waals surface area contributed by atoms with Gasteiger partial charge in [0, 0.05) is 15.8 Å². The van der Waals surface area contributed by atoms with Gasteiger partial charge in [-0.15, -0.1) is 23.1 Å². The van der Waals surface area contributed by atoms with Crippen molar-refractivity contribution in [3.05, 3.63) is 29.6 Å². The summed E-state index contributed by atoms with van der Waals surface area (Å²) in [6.07, 6.45) is 0.927. The standard InChI is InChI=1S/C11H10N2O2S2/c1-16-8-4-2-7(3-5-8)9-6-17-10(12-9)13-11(14)15/h2-6H,1H3,(H,12,13)(H,14,15). The number of anilines is 1. The van der Waals surface area contributed by atoms with Crippen molar-refractivity contribution in [3.63, 3.8) is 0 Å². The summed E-state index contributed by atoms with van der Waals surface area (Å²) in [6, 6.07) is 7.99. The second kappa shape index (κ2) is 5.20. The maximum atomic E-state index is 10.5. The fourth-order valence-electron chi connectivity index (χ4n) is 1.32. The third kappa shape index (κ3) is 2.98. The minimum atomic E-state index is -1.09. The van der Waals surface area contributed by atoms with Crippen LogP contribution in [0.4, 0.5) is 9.93 Å². The van der Waals surface area contributed by atoms with Crippen molar-refractivity contribution in [2.24, 2.45) is 0 Å². The molecule has 4 nitrogen and oxygen atoms in total. The lowest BCUT2D eigenvalue weighted by molar-refractivity contribution is 0.209. The van der Waals surface area contributed by atoms with Crippen LogP contribution >= 0.6 is 23.1 Å². The van der Waals surface area contributed by atoms with E-state index in [-0.39, 0.29) is 0 Å². The molecule has 1 heterocycles. The smallest absolute Gasteiger partial charge is 0.410 e. The van der Waals surface area contributed by atoms with Gasteiger partial charge < -0.3 is 5.11 Å². The molecule has 1 aromatic carbocycles. The van der Waals surface area contributed by atoms with Gasteiger partial charge in [-0.3, -0.25) is 5.32 Å². The summed E-state index contributed by atoms with van der Waals surface area (Å²) >= 11 is 2.95. The first-order valence-electron chi connectivity index (χ1n) is 4.79. The molecule has 2 rings (SSSR count). The number of hydrogen-bond acceptors (Lipinski definition) is 4. The van der Waals surface area contributed by atoms with Crippen LogP contribution in [0.2, 0.25) is 0 Å². The number of thioether (sulfide) groups is 1. The highest BCUT2D eigenvalue weighted by molar-refractivity contribution is 7.98. The minimum absolute atomic E-state index is 0.390. The number of carboxylic acid groups (broad SMARTS) is 1. The van der Waals surface area contributed by atoms with E-state index < -0.39 is 6.09 Å². The lowest BCUT2D eigenvalue weighted by Crippen LogP contribution is -2.06. The Morgan fingerprint density at radius 3 is 2.71 bits per heavy atom. The molecule has 0 fully saturated rings. The number of carbonyl (C=O) groups is 1. The summed E-state index contributed by atoms with van der Waals surface area (Å²) in [4.78, 5) is 15.8. The molecule has 2 aromatic rings. The zero-order chi connectivity index (χ0) is 12.3. The van der Waals surface area contributed by atoms with Gasteiger partial charge in [-0.05, 0) is 18.4 Å². The van der Waals surface area contributed by atoms with Crippen molar-refractivity contribution < 1.29 is 9.90 Å². The van der Waals surface area contributed by atoms with Gasteiger partial charge in [0.2, 0.25) is 0 Å². The number of amides is 1. The molecule has 88 valence electrons. The van der Waals surface area contributed by atoms with Crippen LogP contribution in [-0.2, 0) is 0 Å². The minimum Gasteiger partial charge on any atom is -0.465 e. The monoisotopic (exact) mass is 266 g/mol. The molecule has 0 aliphatic heterocycles. The zero-order valence-electron chi connectivity index (χ0n) is 9.01. The first-order chi connectivity index (χ1) is 8.19. The van der Waals surface area contributed by atoms with Gasteiger partial charge in [0.25, 0.3) is 0 Å². The molecule has 0 bridgehead atoms. The maximum Gasteiger partial charge on any atom is 0.410 e. The predicted octanol–water partition coefficient (Wildman–Crippen LogP) is 3.62. The number of benzene rings is 1. The van der Waals surface area contributed by atoms with Crippen LogP contribution in [0.3, 0.4) is 0 Å². The highest BCUT2D eigenvalue weighted by Crippen LogP contribution is 2.26. The van der Waals surface area contributed by atoms with Crippen LogP contribution in [0.1, 0.15) is 0 Å². The van der Waals surface area contributed by atoms with E-state index in [1.165, 1.54) is 16.2 Å². The van der Waals surface area contributed by atoms with Crippen molar-refractivity contribution in [2.75, 3.05) is 11.6 Å². The first kappa shape index (κ1) is 11.9. The van der Waals surface area contributed by atoms with Gasteiger partial charge in [0.05, 0.1) is 5.69 Å². The molecule has 1 aromatic heterocycles. The molecule has 0 radical (unpaired) electrons. The second-order valence-electron chi connectivity index (χ2n) is 3.20. The summed E-state index contributed by atoms with van der Waals surface area (Å²) in [7, 11) is 0.